The van der Waals surface area contributed by atoms with Crippen LogP contribution in [0.3, 0.4) is 0 Å². The van der Waals surface area contributed by atoms with Crippen LogP contribution < -0.4 is 9.64 Å². The highest BCUT2D eigenvalue weighted by atomic mass is 35.5. The lowest BCUT2D eigenvalue weighted by Gasteiger charge is -2.34. The highest BCUT2D eigenvalue weighted by Gasteiger charge is 2.28. The largest absolute Gasteiger partial charge is 0.497 e. The number of rotatable bonds is 5. The molecule has 1 fully saturated rings. The molecule has 0 aromatic heterocycles. The molecule has 1 atom stereocenters. The summed E-state index contributed by atoms with van der Waals surface area (Å²) >= 11 is 5.96. The summed E-state index contributed by atoms with van der Waals surface area (Å²) in [5, 5.41) is 0.751. The lowest BCUT2D eigenvalue weighted by atomic mass is 9.96. The number of piperidine rings is 1. The number of benzene rings is 2. The molecule has 3 rings (SSSR count). The van der Waals surface area contributed by atoms with Crippen LogP contribution in [0.4, 0.5) is 5.69 Å². The molecule has 1 aliphatic heterocycles. The van der Waals surface area contributed by atoms with E-state index < -0.39 is 0 Å². The van der Waals surface area contributed by atoms with E-state index >= 15 is 0 Å². The third kappa shape index (κ3) is 4.57. The fourth-order valence-electron chi connectivity index (χ4n) is 3.46. The average Bonchev–Trinajstić information content (AvgIpc) is 2.69. The van der Waals surface area contributed by atoms with Crippen molar-refractivity contribution in [2.45, 2.75) is 19.4 Å². The number of amides is 1. The maximum atomic E-state index is 12.9. The van der Waals surface area contributed by atoms with E-state index in [4.69, 9.17) is 16.3 Å². The van der Waals surface area contributed by atoms with Crippen LogP contribution in [0.25, 0.3) is 0 Å². The lowest BCUT2D eigenvalue weighted by Crippen LogP contribution is -2.43. The normalized spacial score (nSPS) is 17.7. The van der Waals surface area contributed by atoms with Crippen LogP contribution in [0.5, 0.6) is 5.75 Å². The fourth-order valence-corrected chi connectivity index (χ4v) is 3.58. The molecule has 26 heavy (non-hydrogen) atoms. The highest BCUT2D eigenvalue weighted by molar-refractivity contribution is 6.30. The van der Waals surface area contributed by atoms with Crippen molar-refractivity contribution in [1.82, 2.24) is 4.90 Å². The van der Waals surface area contributed by atoms with Gasteiger partial charge in [0.25, 0.3) is 0 Å². The van der Waals surface area contributed by atoms with Gasteiger partial charge in [-0.2, -0.15) is 0 Å². The van der Waals surface area contributed by atoms with Crippen molar-refractivity contribution in [3.63, 3.8) is 0 Å². The molecule has 138 valence electrons. The number of likely N-dealkylation sites (tertiary alicyclic amines) is 1. The summed E-state index contributed by atoms with van der Waals surface area (Å²) < 4.78 is 5.19. The maximum Gasteiger partial charge on any atom is 0.231 e. The van der Waals surface area contributed by atoms with Crippen molar-refractivity contribution < 1.29 is 9.53 Å². The molecule has 2 aromatic rings. The Labute approximate surface area is 160 Å². The number of anilines is 1. The Morgan fingerprint density at radius 1 is 1.19 bits per heavy atom. The minimum atomic E-state index is 0.0307. The van der Waals surface area contributed by atoms with Gasteiger partial charge in [0.2, 0.25) is 5.91 Å². The molecule has 0 bridgehead atoms. The number of nitrogens with zero attached hydrogens (tertiary/aromatic N) is 2. The van der Waals surface area contributed by atoms with Crippen LogP contribution in [0.1, 0.15) is 18.4 Å². The first-order chi connectivity index (χ1) is 12.6. The van der Waals surface area contributed by atoms with Gasteiger partial charge in [-0.25, -0.2) is 0 Å². The number of carbonyl (C=O) groups excluding carboxylic acids is 1. The average molecular weight is 373 g/mol. The van der Waals surface area contributed by atoms with Crippen LogP contribution in [-0.2, 0) is 11.3 Å². The number of halogens is 1. The summed E-state index contributed by atoms with van der Waals surface area (Å²) in [6.45, 7) is 2.67. The van der Waals surface area contributed by atoms with E-state index in [0.29, 0.717) is 0 Å². The second-order valence-electron chi connectivity index (χ2n) is 6.80. The van der Waals surface area contributed by atoms with Gasteiger partial charge in [0, 0.05) is 30.8 Å². The number of hydrogen-bond acceptors (Lipinski definition) is 3. The zero-order valence-corrected chi connectivity index (χ0v) is 16.1. The first-order valence-corrected chi connectivity index (χ1v) is 9.33. The molecule has 1 saturated heterocycles. The third-order valence-corrected chi connectivity index (χ3v) is 5.22. The van der Waals surface area contributed by atoms with Crippen LogP contribution in [0.2, 0.25) is 5.02 Å². The molecular weight excluding hydrogens is 348 g/mol. The maximum absolute atomic E-state index is 12.9. The summed E-state index contributed by atoms with van der Waals surface area (Å²) in [6.07, 6.45) is 1.98. The molecule has 2 aromatic carbocycles. The molecule has 0 aliphatic carbocycles. The molecule has 1 aliphatic rings. The van der Waals surface area contributed by atoms with Crippen molar-refractivity contribution in [3.8, 4) is 5.75 Å². The summed E-state index contributed by atoms with van der Waals surface area (Å²) in [5.74, 6) is 1.00. The van der Waals surface area contributed by atoms with Gasteiger partial charge in [-0.15, -0.1) is 0 Å². The number of carbonyl (C=O) groups is 1. The quantitative estimate of drug-likeness (QED) is 0.787. The molecule has 4 nitrogen and oxygen atoms in total. The van der Waals surface area contributed by atoms with Gasteiger partial charge < -0.3 is 9.64 Å². The van der Waals surface area contributed by atoms with E-state index in [9.17, 15) is 4.79 Å². The molecule has 1 amide bonds. The summed E-state index contributed by atoms with van der Waals surface area (Å²) in [6, 6.07) is 15.5. The van der Waals surface area contributed by atoms with Crippen molar-refractivity contribution in [2.75, 3.05) is 32.1 Å². The van der Waals surface area contributed by atoms with E-state index in [0.717, 1.165) is 48.9 Å². The van der Waals surface area contributed by atoms with Crippen LogP contribution >= 0.6 is 11.6 Å². The number of ether oxygens (including phenoxy) is 1. The van der Waals surface area contributed by atoms with E-state index in [-0.39, 0.29) is 11.8 Å². The van der Waals surface area contributed by atoms with Gasteiger partial charge in [0.1, 0.15) is 5.75 Å². The van der Waals surface area contributed by atoms with Gasteiger partial charge in [0.15, 0.2) is 0 Å². The first-order valence-electron chi connectivity index (χ1n) is 8.95. The van der Waals surface area contributed by atoms with Gasteiger partial charge in [0.05, 0.1) is 13.0 Å². The Kier molecular flexibility index (Phi) is 6.17. The molecule has 1 heterocycles. The fraction of sp³-hybridized carbons (Fsp3) is 0.381. The van der Waals surface area contributed by atoms with Gasteiger partial charge in [-0.1, -0.05) is 23.7 Å². The monoisotopic (exact) mass is 372 g/mol. The summed E-state index contributed by atoms with van der Waals surface area (Å²) in [5.41, 5.74) is 2.12. The summed E-state index contributed by atoms with van der Waals surface area (Å²) in [7, 11) is 3.49. The van der Waals surface area contributed by atoms with Gasteiger partial charge in [-0.05, 0) is 61.3 Å². The SMILES string of the molecule is COc1ccc(N(C)C(=O)[C@H]2CCCN(Cc3ccc(Cl)cc3)C2)cc1. The van der Waals surface area contributed by atoms with Crippen LogP contribution in [0, 0.1) is 5.92 Å². The second kappa shape index (κ2) is 8.56. The summed E-state index contributed by atoms with van der Waals surface area (Å²) in [4.78, 5) is 17.1. The zero-order valence-electron chi connectivity index (χ0n) is 15.3. The molecule has 5 heteroatoms. The highest BCUT2D eigenvalue weighted by Crippen LogP contribution is 2.24. The van der Waals surface area contributed by atoms with E-state index in [1.165, 1.54) is 5.56 Å². The topological polar surface area (TPSA) is 32.8 Å². The Bertz CT molecular complexity index is 731. The van der Waals surface area contributed by atoms with Crippen molar-refractivity contribution >= 4 is 23.2 Å². The minimum Gasteiger partial charge on any atom is -0.497 e. The molecule has 0 radical (unpaired) electrons. The Morgan fingerprint density at radius 3 is 2.54 bits per heavy atom. The second-order valence-corrected chi connectivity index (χ2v) is 7.23. The van der Waals surface area contributed by atoms with Crippen molar-refractivity contribution in [2.24, 2.45) is 5.92 Å². The standard InChI is InChI=1S/C21H25ClN2O2/c1-23(19-9-11-20(26-2)12-10-19)21(25)17-4-3-13-24(15-17)14-16-5-7-18(22)8-6-16/h5-12,17H,3-4,13-15H2,1-2H3/t17-/m0/s1. The van der Waals surface area contributed by atoms with Crippen LogP contribution in [-0.4, -0.2) is 38.1 Å². The smallest absolute Gasteiger partial charge is 0.231 e. The minimum absolute atomic E-state index is 0.0307. The van der Waals surface area contributed by atoms with Crippen LogP contribution in [0.15, 0.2) is 48.5 Å². The van der Waals surface area contributed by atoms with E-state index in [1.54, 1.807) is 12.0 Å². The number of hydrogen-bond donors (Lipinski definition) is 0. The molecule has 0 saturated carbocycles. The van der Waals surface area contributed by atoms with Gasteiger partial charge in [-0.3, -0.25) is 9.69 Å². The molecule has 0 spiro atoms. The third-order valence-electron chi connectivity index (χ3n) is 4.96. The van der Waals surface area contributed by atoms with Crippen molar-refractivity contribution in [3.05, 3.63) is 59.1 Å². The van der Waals surface area contributed by atoms with Gasteiger partial charge >= 0.3 is 0 Å². The molecule has 0 unspecified atom stereocenters. The Hall–Kier alpha value is -2.04. The first kappa shape index (κ1) is 18.7. The zero-order chi connectivity index (χ0) is 18.5. The Morgan fingerprint density at radius 2 is 1.88 bits per heavy atom. The Balaban J connectivity index is 1.62. The van der Waals surface area contributed by atoms with E-state index in [2.05, 4.69) is 17.0 Å². The number of methoxy groups -OCH3 is 1. The van der Waals surface area contributed by atoms with Crippen molar-refractivity contribution in [1.29, 1.82) is 0 Å². The predicted octanol–water partition coefficient (Wildman–Crippen LogP) is 4.22. The molecular formula is C21H25ClN2O2. The molecule has 0 N–H and O–H groups in total. The predicted molar refractivity (Wildman–Crippen MR) is 106 cm³/mol. The van der Waals surface area contributed by atoms with E-state index in [1.807, 2.05) is 43.4 Å². The lowest BCUT2D eigenvalue weighted by molar-refractivity contribution is -0.123.